The highest BCUT2D eigenvalue weighted by atomic mass is 13.6. The zero-order valence-corrected chi connectivity index (χ0v) is 53.7. The minimum atomic E-state index is 0.750. The quantitative estimate of drug-likeness (QED) is 0.194. The molecule has 0 atom stereocenters. The molecule has 0 fully saturated rings. The van der Waals surface area contributed by atoms with Crippen molar-refractivity contribution in [3.8, 4) is 0 Å². The van der Waals surface area contributed by atoms with Crippen LogP contribution in [-0.2, 0) is 0 Å². The van der Waals surface area contributed by atoms with Crippen LogP contribution in [0.1, 0.15) is 128 Å². The largest absolute Gasteiger partial charge is 0.339 e. The molecule has 0 aromatic rings. The normalized spacial score (nSPS) is 4.84. The second kappa shape index (κ2) is 1510. The Bertz CT molecular complexity index is 210. The minimum absolute atomic E-state index is 0.750. The van der Waals surface area contributed by atoms with E-state index in [9.17, 15) is 0 Å². The second-order valence-electron chi connectivity index (χ2n) is 7.07. The van der Waals surface area contributed by atoms with Crippen LogP contribution in [0.15, 0.2) is 158 Å². The maximum atomic E-state index is 3.54. The molecule has 0 aromatic heterocycles. The molecule has 0 N–H and O–H groups in total. The molecular formula is C76H152. The summed E-state index contributed by atoms with van der Waals surface area (Å²) in [5, 5.41) is 0. The number of rotatable bonds is 4. The molecule has 76 heavy (non-hydrogen) atoms. The van der Waals surface area contributed by atoms with Crippen molar-refractivity contribution in [2.45, 2.75) is 128 Å². The van der Waals surface area contributed by atoms with E-state index in [1.165, 1.54) is 0 Å². The smallest absolute Gasteiger partial charge is 0.0587 e. The summed E-state index contributed by atoms with van der Waals surface area (Å²) in [6.45, 7) is 181. The van der Waals surface area contributed by atoms with E-state index in [-0.39, 0.29) is 0 Å². The molecule has 0 heteroatoms. The highest BCUT2D eigenvalue weighted by Crippen LogP contribution is 1.76. The molecule has 0 radical (unpaired) electrons. The summed E-state index contributed by atoms with van der Waals surface area (Å²) in [6, 6.07) is 0. The lowest BCUT2D eigenvalue weighted by molar-refractivity contribution is 1.05. The van der Waals surface area contributed by atoms with E-state index < -0.39 is 0 Å². The van der Waals surface area contributed by atoms with Gasteiger partial charge in [-0.2, -0.15) is 0 Å². The molecule has 0 heterocycles. The van der Waals surface area contributed by atoms with Gasteiger partial charge in [0.15, 0.2) is 0 Å². The molecule has 0 unspecified atom stereocenters. The van der Waals surface area contributed by atoms with Gasteiger partial charge in [-0.3, -0.25) is 83.1 Å². The lowest BCUT2D eigenvalue weighted by Gasteiger charge is -1.71. The number of unbranched alkanes of at least 4 members (excludes halogenated alkanes) is 4. The summed E-state index contributed by atoms with van der Waals surface area (Å²) in [5.74, 6) is 0. The molecule has 0 saturated carbocycles. The Balaban J connectivity index is -0.0000000121. The predicted octanol–water partition coefficient (Wildman–Crippen LogP) is 27.9. The third-order valence-electron chi connectivity index (χ3n) is 1.000. The fraction of sp³-hybridized carbons (Fsp3) is 0.263. The summed E-state index contributed by atoms with van der Waals surface area (Å²) in [6.07, 6.45) is 16.7. The highest BCUT2D eigenvalue weighted by Gasteiger charge is 1.58. The van der Waals surface area contributed by atoms with Gasteiger partial charge < -0.3 is 27.7 Å². The Morgan fingerprint density at radius 1 is 0.132 bits per heavy atom. The van der Waals surface area contributed by atoms with Gasteiger partial charge in [0, 0.05) is 83.1 Å². The zero-order chi connectivity index (χ0) is 70.1. The van der Waals surface area contributed by atoms with E-state index >= 15 is 0 Å². The van der Waals surface area contributed by atoms with Crippen LogP contribution < -0.4 is 0 Å². The van der Waals surface area contributed by atoms with E-state index in [0.717, 1.165) is 128 Å². The average Bonchev–Trinajstić information content (AvgIpc) is 3.48. The van der Waals surface area contributed by atoms with Crippen molar-refractivity contribution < 1.29 is 0 Å². The van der Waals surface area contributed by atoms with Gasteiger partial charge in [-0.1, -0.05) is 0 Å². The van der Waals surface area contributed by atoms with E-state index in [0.29, 0.717) is 0 Å². The van der Waals surface area contributed by atoms with E-state index in [2.05, 4.69) is 379 Å². The topological polar surface area (TPSA) is 0 Å². The first-order valence-corrected chi connectivity index (χ1v) is 24.0. The maximum Gasteiger partial charge on any atom is 0.0587 e. The first-order valence-electron chi connectivity index (χ1n) is 24.0. The number of hydrogen-bond donors (Lipinski definition) is 0. The summed E-state index contributed by atoms with van der Waals surface area (Å²) in [4.78, 5) is 0. The van der Waals surface area contributed by atoms with Crippen molar-refractivity contribution in [2.24, 2.45) is 0 Å². The SMILES string of the molecule is C=C.C=C.C=C.C=C.C=C.C=C.C=C.C=C.C=C.C=C.C=C.C=C.[CH2+]CC[CH2-].[CH2+]CC[CH2-].[CH2+]CC[CH2-].[CH2+]CC[CH2-].[CH2+]C[CH2-].[CH2+]C[CH2-].[CH2+]C[CH2-].[CH2+]C[CH2-].[CH2+]C[CH2-].[CH2+]C[CH2-].[CH2+]C[CH2-].[CH2+]C[CH2-].[CH2+]C[CH2-].[CH2+]C[CH2-].[CH2+]C[CH2-].[CH2+]C[CH2-]. The third kappa shape index (κ3) is 220000. The Labute approximate surface area is 505 Å². The van der Waals surface area contributed by atoms with Gasteiger partial charge in [0.05, 0.1) is 53.4 Å². The average molecular weight is 1070 g/mol. The van der Waals surface area contributed by atoms with Crippen LogP contribution in [0.25, 0.3) is 0 Å². The third-order valence-corrected chi connectivity index (χ3v) is 1.000. The molecule has 0 aliphatic heterocycles. The Morgan fingerprint density at radius 3 is 0.145 bits per heavy atom. The number of hydrogen-bond acceptors (Lipinski definition) is 0. The Kier molecular flexibility index (Phi) is 3740. The fourth-order valence-electron chi connectivity index (χ4n) is 0. The molecule has 0 spiro atoms. The van der Waals surface area contributed by atoms with E-state index in [1.54, 1.807) is 0 Å². The van der Waals surface area contributed by atoms with Gasteiger partial charge in [-0.15, -0.1) is 184 Å². The van der Waals surface area contributed by atoms with Crippen molar-refractivity contribution >= 4 is 0 Å². The molecule has 0 saturated heterocycles. The standard InChI is InChI=1S/4C4H8.12C3H6.12C2H4/c4*1-3-4-2;12*1-3-2;12*1-2/h4*1-4H2;12*1-3H2;12*1-2H2. The van der Waals surface area contributed by atoms with E-state index in [1.807, 2.05) is 0 Å². The van der Waals surface area contributed by atoms with Gasteiger partial charge in [-0.05, 0) is 77.0 Å². The Hall–Kier alpha value is -5.20. The van der Waals surface area contributed by atoms with Gasteiger partial charge in [0.25, 0.3) is 0 Å². The minimum Gasteiger partial charge on any atom is -0.339 e. The molecule has 0 bridgehead atoms. The Morgan fingerprint density at radius 2 is 0.145 bits per heavy atom. The molecule has 0 rings (SSSR count). The van der Waals surface area contributed by atoms with Crippen LogP contribution >= 0.6 is 0 Å². The van der Waals surface area contributed by atoms with E-state index in [4.69, 9.17) is 0 Å². The predicted molar refractivity (Wildman–Crippen MR) is 399 cm³/mol. The van der Waals surface area contributed by atoms with Crippen molar-refractivity contribution in [2.75, 3.05) is 0 Å². The lowest BCUT2D eigenvalue weighted by Crippen LogP contribution is -1.49. The summed E-state index contributed by atoms with van der Waals surface area (Å²) in [5.41, 5.74) is 0. The monoisotopic (exact) mass is 1070 g/mol. The van der Waals surface area contributed by atoms with Crippen molar-refractivity contribution in [1.29, 1.82) is 0 Å². The summed E-state index contributed by atoms with van der Waals surface area (Å²) >= 11 is 0. The van der Waals surface area contributed by atoms with Crippen molar-refractivity contribution in [1.82, 2.24) is 0 Å². The highest BCUT2D eigenvalue weighted by molar-refractivity contribution is 4.41. The van der Waals surface area contributed by atoms with Gasteiger partial charge in [0.2, 0.25) is 0 Å². The molecular weight excluding hydrogens is 913 g/mol. The maximum absolute atomic E-state index is 3.54. The molecule has 0 aromatic carbocycles. The van der Waals surface area contributed by atoms with Gasteiger partial charge in [0.1, 0.15) is 0 Å². The summed E-state index contributed by atoms with van der Waals surface area (Å²) in [7, 11) is 0. The first kappa shape index (κ1) is 188. The van der Waals surface area contributed by atoms with Crippen molar-refractivity contribution in [3.05, 3.63) is 379 Å². The van der Waals surface area contributed by atoms with Crippen LogP contribution in [0, 0.1) is 222 Å². The van der Waals surface area contributed by atoms with Crippen molar-refractivity contribution in [3.63, 3.8) is 0 Å². The zero-order valence-electron chi connectivity index (χ0n) is 53.7. The van der Waals surface area contributed by atoms with Crippen LogP contribution in [0.5, 0.6) is 0 Å². The van der Waals surface area contributed by atoms with Crippen LogP contribution in [0.3, 0.4) is 0 Å². The van der Waals surface area contributed by atoms with Crippen LogP contribution in [0.4, 0.5) is 0 Å². The van der Waals surface area contributed by atoms with Gasteiger partial charge >= 0.3 is 0 Å². The molecule has 0 amide bonds. The summed E-state index contributed by atoms with van der Waals surface area (Å²) < 4.78 is 0. The van der Waals surface area contributed by atoms with Gasteiger partial charge in [-0.25, -0.2) is 0 Å². The lowest BCUT2D eigenvalue weighted by atomic mass is 10.4. The van der Waals surface area contributed by atoms with Crippen LogP contribution in [-0.4, -0.2) is 0 Å². The molecule has 0 aliphatic carbocycles. The molecule has 0 nitrogen and oxygen atoms in total. The molecule has 0 aliphatic rings. The first-order chi connectivity index (χ1) is 36.6. The van der Waals surface area contributed by atoms with Crippen LogP contribution in [0.2, 0.25) is 0 Å². The molecule has 456 valence electrons. The second-order valence-corrected chi connectivity index (χ2v) is 7.07. The fourth-order valence-corrected chi connectivity index (χ4v) is 0.